The Morgan fingerprint density at radius 2 is 2.08 bits per heavy atom. The van der Waals surface area contributed by atoms with Gasteiger partial charge in [-0.2, -0.15) is 5.26 Å². The second-order valence-corrected chi connectivity index (χ2v) is 6.32. The van der Waals surface area contributed by atoms with E-state index < -0.39 is 0 Å². The van der Waals surface area contributed by atoms with Gasteiger partial charge in [-0.15, -0.1) is 0 Å². The van der Waals surface area contributed by atoms with Gasteiger partial charge in [-0.3, -0.25) is 14.6 Å². The molecule has 3 heterocycles. The lowest BCUT2D eigenvalue weighted by atomic mass is 10.2. The summed E-state index contributed by atoms with van der Waals surface area (Å²) >= 11 is 0. The molecule has 25 heavy (non-hydrogen) atoms. The number of nitriles is 1. The molecule has 6 nitrogen and oxygen atoms in total. The smallest absolute Gasteiger partial charge is 0.267 e. The molecule has 0 spiro atoms. The number of hydrogen-bond donors (Lipinski definition) is 1. The van der Waals surface area contributed by atoms with Crippen LogP contribution in [-0.2, 0) is 6.54 Å². The lowest BCUT2D eigenvalue weighted by molar-refractivity contribution is 0.572. The normalized spacial score (nSPS) is 11.1. The second-order valence-electron chi connectivity index (χ2n) is 6.32. The summed E-state index contributed by atoms with van der Waals surface area (Å²) < 4.78 is 3.20. The van der Waals surface area contributed by atoms with Crippen molar-refractivity contribution >= 4 is 16.7 Å². The maximum atomic E-state index is 12.9. The van der Waals surface area contributed by atoms with Crippen molar-refractivity contribution in [3.8, 4) is 6.07 Å². The Bertz CT molecular complexity index is 1100. The highest BCUT2D eigenvalue weighted by atomic mass is 16.1. The van der Waals surface area contributed by atoms with Crippen molar-refractivity contribution in [2.75, 3.05) is 0 Å². The molecule has 0 atom stereocenters. The number of nitrogens with one attached hydrogen (secondary N) is 1. The maximum absolute atomic E-state index is 12.9. The second kappa shape index (κ2) is 6.89. The minimum atomic E-state index is -0.206. The Balaban J connectivity index is 2.29. The van der Waals surface area contributed by atoms with E-state index in [0.29, 0.717) is 23.2 Å². The molecule has 6 heteroatoms. The van der Waals surface area contributed by atoms with Crippen LogP contribution in [0.5, 0.6) is 0 Å². The number of nitrogens with zero attached hydrogens (tertiary/aromatic N) is 4. The Morgan fingerprint density at radius 1 is 1.28 bits per heavy atom. The highest BCUT2D eigenvalue weighted by Gasteiger charge is 2.13. The number of rotatable bonds is 5. The molecule has 0 aliphatic carbocycles. The molecule has 3 aromatic rings. The van der Waals surface area contributed by atoms with E-state index in [4.69, 9.17) is 5.41 Å². The zero-order chi connectivity index (χ0) is 18.0. The van der Waals surface area contributed by atoms with Crippen molar-refractivity contribution in [3.05, 3.63) is 51.4 Å². The largest absolute Gasteiger partial charge is 0.310 e. The molecule has 1 N–H and O–H groups in total. The predicted molar refractivity (Wildman–Crippen MR) is 96.4 cm³/mol. The number of aromatic nitrogens is 3. The first-order valence-electron chi connectivity index (χ1n) is 8.58. The molecule has 0 radical (unpaired) electrons. The average Bonchev–Trinajstić information content (AvgIpc) is 2.61. The lowest BCUT2D eigenvalue weighted by Gasteiger charge is -2.13. The van der Waals surface area contributed by atoms with Crippen LogP contribution in [-0.4, -0.2) is 14.0 Å². The number of fused-ring (bicyclic) bond motifs is 2. The molecule has 0 aliphatic rings. The van der Waals surface area contributed by atoms with Crippen LogP contribution < -0.4 is 11.0 Å². The third-order valence-electron chi connectivity index (χ3n) is 4.41. The van der Waals surface area contributed by atoms with Crippen LogP contribution in [0.3, 0.4) is 0 Å². The molecule has 128 valence electrons. The summed E-state index contributed by atoms with van der Waals surface area (Å²) in [7, 11) is 0. The molecule has 3 rings (SSSR count). The van der Waals surface area contributed by atoms with Gasteiger partial charge >= 0.3 is 0 Å². The maximum Gasteiger partial charge on any atom is 0.267 e. The monoisotopic (exact) mass is 335 g/mol. The van der Waals surface area contributed by atoms with Gasteiger partial charge in [0, 0.05) is 12.7 Å². The van der Waals surface area contributed by atoms with Gasteiger partial charge in [0.05, 0.1) is 10.9 Å². The summed E-state index contributed by atoms with van der Waals surface area (Å²) in [6.07, 6.45) is 5.94. The molecular formula is C19H21N5O. The minimum Gasteiger partial charge on any atom is -0.310 e. The molecular weight excluding hydrogens is 314 g/mol. The molecule has 0 saturated carbocycles. The van der Waals surface area contributed by atoms with Gasteiger partial charge < -0.3 is 4.57 Å². The van der Waals surface area contributed by atoms with Gasteiger partial charge in [0.25, 0.3) is 5.56 Å². The third kappa shape index (κ3) is 3.05. The first-order valence-corrected chi connectivity index (χ1v) is 8.58. The number of pyridine rings is 2. The van der Waals surface area contributed by atoms with Crippen LogP contribution in [0.1, 0.15) is 43.7 Å². The van der Waals surface area contributed by atoms with Crippen molar-refractivity contribution in [2.45, 2.75) is 46.1 Å². The Kier molecular flexibility index (Phi) is 4.66. The first-order chi connectivity index (χ1) is 12.1. The van der Waals surface area contributed by atoms with Gasteiger partial charge in [-0.05, 0) is 31.0 Å². The summed E-state index contributed by atoms with van der Waals surface area (Å²) in [4.78, 5) is 17.5. The summed E-state index contributed by atoms with van der Waals surface area (Å²) in [5.41, 5.74) is 2.11. The molecule has 0 bridgehead atoms. The van der Waals surface area contributed by atoms with Crippen molar-refractivity contribution < 1.29 is 0 Å². The zero-order valence-electron chi connectivity index (χ0n) is 14.5. The Morgan fingerprint density at radius 3 is 2.80 bits per heavy atom. The van der Waals surface area contributed by atoms with E-state index in [1.165, 1.54) is 10.5 Å². The Labute approximate surface area is 145 Å². The van der Waals surface area contributed by atoms with Crippen LogP contribution in [0.15, 0.2) is 29.2 Å². The van der Waals surface area contributed by atoms with Gasteiger partial charge in [0.2, 0.25) is 0 Å². The molecule has 0 unspecified atom stereocenters. The van der Waals surface area contributed by atoms with E-state index >= 15 is 0 Å². The van der Waals surface area contributed by atoms with E-state index in [1.54, 1.807) is 16.8 Å². The SMILES string of the molecule is CCCCCCn1c(=N)c(C#N)cc2c(=O)n3cc(C)ccc3nc21. The highest BCUT2D eigenvalue weighted by Crippen LogP contribution is 2.12. The van der Waals surface area contributed by atoms with E-state index in [0.717, 1.165) is 31.2 Å². The summed E-state index contributed by atoms with van der Waals surface area (Å²) in [6.45, 7) is 4.64. The lowest BCUT2D eigenvalue weighted by Crippen LogP contribution is -2.27. The summed E-state index contributed by atoms with van der Waals surface area (Å²) in [6, 6.07) is 7.23. The van der Waals surface area contributed by atoms with Gasteiger partial charge in [-0.25, -0.2) is 4.98 Å². The quantitative estimate of drug-likeness (QED) is 0.574. The van der Waals surface area contributed by atoms with E-state index in [2.05, 4.69) is 11.9 Å². The van der Waals surface area contributed by atoms with Crippen molar-refractivity contribution in [1.82, 2.24) is 14.0 Å². The van der Waals surface area contributed by atoms with E-state index in [-0.39, 0.29) is 16.6 Å². The average molecular weight is 335 g/mol. The molecule has 3 aromatic heterocycles. The van der Waals surface area contributed by atoms with Crippen LogP contribution in [0, 0.1) is 23.7 Å². The molecule has 0 amide bonds. The molecule has 0 fully saturated rings. The van der Waals surface area contributed by atoms with Crippen LogP contribution in [0.4, 0.5) is 0 Å². The van der Waals surface area contributed by atoms with Gasteiger partial charge in [0.1, 0.15) is 22.9 Å². The standard InChI is InChI=1S/C19H21N5O/c1-3-4-5-6-9-23-17(21)14(11-20)10-15-18(23)22-16-8-7-13(2)12-24(16)19(15)25/h7-8,10,12,21H,3-6,9H2,1-2H3. The van der Waals surface area contributed by atoms with Crippen LogP contribution in [0.25, 0.3) is 16.7 Å². The van der Waals surface area contributed by atoms with Gasteiger partial charge in [0.15, 0.2) is 0 Å². The summed E-state index contributed by atoms with van der Waals surface area (Å²) in [5, 5.41) is 18.0. The fraction of sp³-hybridized carbons (Fsp3) is 0.368. The third-order valence-corrected chi connectivity index (χ3v) is 4.41. The minimum absolute atomic E-state index is 0.120. The fourth-order valence-electron chi connectivity index (χ4n) is 3.04. The number of aryl methyl sites for hydroxylation is 2. The zero-order valence-corrected chi connectivity index (χ0v) is 14.5. The van der Waals surface area contributed by atoms with Crippen LogP contribution >= 0.6 is 0 Å². The number of unbranched alkanes of at least 4 members (excludes halogenated alkanes) is 3. The van der Waals surface area contributed by atoms with Crippen molar-refractivity contribution in [3.63, 3.8) is 0 Å². The predicted octanol–water partition coefficient (Wildman–Crippen LogP) is 2.89. The fourth-order valence-corrected chi connectivity index (χ4v) is 3.04. The van der Waals surface area contributed by atoms with E-state index in [1.807, 2.05) is 19.1 Å². The van der Waals surface area contributed by atoms with Crippen LogP contribution in [0.2, 0.25) is 0 Å². The number of hydrogen-bond acceptors (Lipinski definition) is 4. The molecule has 0 saturated heterocycles. The first kappa shape index (κ1) is 16.9. The molecule has 0 aliphatic heterocycles. The van der Waals surface area contributed by atoms with E-state index in [9.17, 15) is 10.1 Å². The highest BCUT2D eigenvalue weighted by molar-refractivity contribution is 5.77. The Hall–Kier alpha value is -2.94. The van der Waals surface area contributed by atoms with Crippen molar-refractivity contribution in [1.29, 1.82) is 10.7 Å². The summed E-state index contributed by atoms with van der Waals surface area (Å²) in [5.74, 6) is 0. The van der Waals surface area contributed by atoms with Gasteiger partial charge in [-0.1, -0.05) is 32.3 Å². The topological polar surface area (TPSA) is 86.9 Å². The molecule has 0 aromatic carbocycles. The van der Waals surface area contributed by atoms with Crippen molar-refractivity contribution in [2.24, 2.45) is 0 Å².